The van der Waals surface area contributed by atoms with Crippen molar-refractivity contribution in [2.24, 2.45) is 0 Å². The molecule has 1 aromatic carbocycles. The minimum absolute atomic E-state index is 0.0671. The number of hydrogen-bond donors (Lipinski definition) is 0. The van der Waals surface area contributed by atoms with Gasteiger partial charge in [-0.05, 0) is 37.0 Å². The Kier molecular flexibility index (Phi) is 5.96. The summed E-state index contributed by atoms with van der Waals surface area (Å²) in [6, 6.07) is 12.2. The van der Waals surface area contributed by atoms with Crippen molar-refractivity contribution in [2.75, 3.05) is 42.5 Å². The van der Waals surface area contributed by atoms with E-state index in [1.807, 2.05) is 42.2 Å². The molecule has 0 N–H and O–H groups in total. The maximum absolute atomic E-state index is 13.0. The molecule has 2 aliphatic rings. The zero-order valence-corrected chi connectivity index (χ0v) is 17.7. The van der Waals surface area contributed by atoms with Crippen LogP contribution in [0.1, 0.15) is 37.1 Å². The molecule has 1 atom stereocenters. The van der Waals surface area contributed by atoms with E-state index in [9.17, 15) is 10.1 Å². The third kappa shape index (κ3) is 3.63. The second-order valence-corrected chi connectivity index (χ2v) is 7.80. The molecule has 3 heterocycles. The normalized spacial score (nSPS) is 19.9. The smallest absolute Gasteiger partial charge is 0.244 e. The molecule has 7 nitrogen and oxygen atoms in total. The van der Waals surface area contributed by atoms with Crippen LogP contribution in [-0.2, 0) is 17.6 Å². The molecule has 2 aliphatic heterocycles. The van der Waals surface area contributed by atoms with Crippen molar-refractivity contribution in [3.05, 3.63) is 47.2 Å². The molecule has 30 heavy (non-hydrogen) atoms. The Hall–Kier alpha value is -2.98. The molecular weight excluding hydrogens is 376 g/mol. The number of hydrogen-bond acceptors (Lipinski definition) is 6. The first-order chi connectivity index (χ1) is 14.7. The maximum atomic E-state index is 13.0. The quantitative estimate of drug-likeness (QED) is 0.762. The third-order valence-electron chi connectivity index (χ3n) is 6.24. The summed E-state index contributed by atoms with van der Waals surface area (Å²) < 4.78 is 0. The van der Waals surface area contributed by atoms with Crippen LogP contribution in [0.25, 0.3) is 0 Å². The van der Waals surface area contributed by atoms with Crippen molar-refractivity contribution >= 4 is 17.4 Å². The minimum atomic E-state index is -0.0671. The number of aryl methyl sites for hydroxylation is 1. The summed E-state index contributed by atoms with van der Waals surface area (Å²) in [5.74, 6) is 0.877. The van der Waals surface area contributed by atoms with Crippen LogP contribution in [-0.4, -0.2) is 59.8 Å². The topological polar surface area (TPSA) is 76.4 Å². The van der Waals surface area contributed by atoms with Gasteiger partial charge >= 0.3 is 0 Å². The summed E-state index contributed by atoms with van der Waals surface area (Å²) >= 11 is 0. The highest BCUT2D eigenvalue weighted by Gasteiger charge is 2.38. The second-order valence-electron chi connectivity index (χ2n) is 7.80. The van der Waals surface area contributed by atoms with E-state index in [2.05, 4.69) is 33.0 Å². The van der Waals surface area contributed by atoms with E-state index in [0.29, 0.717) is 11.4 Å². The van der Waals surface area contributed by atoms with E-state index in [-0.39, 0.29) is 11.9 Å². The summed E-state index contributed by atoms with van der Waals surface area (Å²) in [4.78, 5) is 19.3. The molecule has 2 aromatic rings. The van der Waals surface area contributed by atoms with E-state index in [1.54, 1.807) is 0 Å². The Morgan fingerprint density at radius 2 is 1.77 bits per heavy atom. The van der Waals surface area contributed by atoms with Gasteiger partial charge in [0.25, 0.3) is 0 Å². The van der Waals surface area contributed by atoms with Gasteiger partial charge in [-0.15, -0.1) is 5.10 Å². The fourth-order valence-electron chi connectivity index (χ4n) is 4.61. The van der Waals surface area contributed by atoms with Crippen LogP contribution in [0.5, 0.6) is 0 Å². The molecule has 0 radical (unpaired) electrons. The zero-order valence-electron chi connectivity index (χ0n) is 17.7. The van der Waals surface area contributed by atoms with Crippen molar-refractivity contribution in [2.45, 2.75) is 39.2 Å². The number of carbonyl (C=O) groups excluding carboxylic acids is 1. The molecule has 1 aromatic heterocycles. The second kappa shape index (κ2) is 8.80. The average molecular weight is 405 g/mol. The lowest BCUT2D eigenvalue weighted by Crippen LogP contribution is -2.53. The molecule has 0 saturated carbocycles. The number of piperazine rings is 1. The Morgan fingerprint density at radius 3 is 2.40 bits per heavy atom. The number of rotatable bonds is 5. The van der Waals surface area contributed by atoms with E-state index < -0.39 is 0 Å². The fraction of sp³-hybridized carbons (Fsp3) is 0.478. The molecule has 7 heteroatoms. The van der Waals surface area contributed by atoms with Gasteiger partial charge in [0.15, 0.2) is 5.82 Å². The van der Waals surface area contributed by atoms with Crippen molar-refractivity contribution in [3.8, 4) is 6.07 Å². The molecule has 0 aliphatic carbocycles. The summed E-state index contributed by atoms with van der Waals surface area (Å²) in [6.45, 7) is 7.91. The number of benzene rings is 1. The number of carbonyl (C=O) groups is 1. The molecule has 2 saturated heterocycles. The molecular formula is C23H28N6O. The molecule has 0 spiro atoms. The van der Waals surface area contributed by atoms with Crippen molar-refractivity contribution in [1.82, 2.24) is 15.1 Å². The Labute approximate surface area is 177 Å². The summed E-state index contributed by atoms with van der Waals surface area (Å²) in [5, 5.41) is 18.6. The number of para-hydroxylation sites is 1. The number of aromatic nitrogens is 2. The van der Waals surface area contributed by atoms with E-state index in [0.717, 1.165) is 68.9 Å². The summed E-state index contributed by atoms with van der Waals surface area (Å²) in [6.07, 6.45) is 2.41. The Balaban J connectivity index is 1.45. The van der Waals surface area contributed by atoms with E-state index >= 15 is 0 Å². The van der Waals surface area contributed by atoms with Gasteiger partial charge in [-0.2, -0.15) is 10.4 Å². The maximum Gasteiger partial charge on any atom is 0.244 e. The largest absolute Gasteiger partial charge is 0.351 e. The Bertz CT molecular complexity index is 946. The third-order valence-corrected chi connectivity index (χ3v) is 6.24. The van der Waals surface area contributed by atoms with Crippen LogP contribution < -0.4 is 9.80 Å². The molecule has 4 rings (SSSR count). The van der Waals surface area contributed by atoms with Gasteiger partial charge in [-0.25, -0.2) is 0 Å². The summed E-state index contributed by atoms with van der Waals surface area (Å²) in [5.41, 5.74) is 3.55. The van der Waals surface area contributed by atoms with Crippen LogP contribution in [0, 0.1) is 11.3 Å². The average Bonchev–Trinajstić information content (AvgIpc) is 3.19. The highest BCUT2D eigenvalue weighted by Crippen LogP contribution is 2.27. The van der Waals surface area contributed by atoms with Gasteiger partial charge < -0.3 is 9.80 Å². The van der Waals surface area contributed by atoms with Gasteiger partial charge in [0.1, 0.15) is 11.6 Å². The van der Waals surface area contributed by atoms with Gasteiger partial charge in [-0.3, -0.25) is 9.69 Å². The standard InChI is InChI=1S/C23H28N6O/c1-3-18-19(16-24)22(26-25-20(18)4-2)28-14-12-27(13-15-28)21-10-11-29(23(21)30)17-8-6-5-7-9-17/h5-9,21H,3-4,10-15H2,1-2H3. The Morgan fingerprint density at radius 1 is 1.03 bits per heavy atom. The van der Waals surface area contributed by atoms with Crippen LogP contribution in [0.15, 0.2) is 30.3 Å². The molecule has 2 fully saturated rings. The molecule has 1 amide bonds. The van der Waals surface area contributed by atoms with Gasteiger partial charge in [-0.1, -0.05) is 32.0 Å². The molecule has 156 valence electrons. The van der Waals surface area contributed by atoms with Gasteiger partial charge in [0.05, 0.1) is 11.7 Å². The predicted molar refractivity (Wildman–Crippen MR) is 116 cm³/mol. The van der Waals surface area contributed by atoms with Gasteiger partial charge in [0, 0.05) is 38.4 Å². The lowest BCUT2D eigenvalue weighted by Gasteiger charge is -2.38. The van der Waals surface area contributed by atoms with Crippen LogP contribution in [0.4, 0.5) is 11.5 Å². The number of anilines is 2. The van der Waals surface area contributed by atoms with Crippen LogP contribution in [0.3, 0.4) is 0 Å². The highest BCUT2D eigenvalue weighted by atomic mass is 16.2. The van der Waals surface area contributed by atoms with Crippen molar-refractivity contribution in [1.29, 1.82) is 5.26 Å². The summed E-state index contributed by atoms with van der Waals surface area (Å²) in [7, 11) is 0. The first-order valence-corrected chi connectivity index (χ1v) is 10.8. The first kappa shape index (κ1) is 20.3. The first-order valence-electron chi connectivity index (χ1n) is 10.8. The number of nitrogens with zero attached hydrogens (tertiary/aromatic N) is 6. The fourth-order valence-corrected chi connectivity index (χ4v) is 4.61. The SMILES string of the molecule is CCc1nnc(N2CCN(C3CCN(c4ccccc4)C3=O)CC2)c(C#N)c1CC. The monoisotopic (exact) mass is 404 g/mol. The zero-order chi connectivity index (χ0) is 21.1. The van der Waals surface area contributed by atoms with Crippen LogP contribution in [0.2, 0.25) is 0 Å². The predicted octanol–water partition coefficient (Wildman–Crippen LogP) is 2.40. The van der Waals surface area contributed by atoms with E-state index in [4.69, 9.17) is 0 Å². The minimum Gasteiger partial charge on any atom is -0.351 e. The lowest BCUT2D eigenvalue weighted by molar-refractivity contribution is -0.121. The number of nitriles is 1. The number of amides is 1. The van der Waals surface area contributed by atoms with Gasteiger partial charge in [0.2, 0.25) is 5.91 Å². The van der Waals surface area contributed by atoms with Crippen molar-refractivity contribution in [3.63, 3.8) is 0 Å². The molecule has 1 unspecified atom stereocenters. The van der Waals surface area contributed by atoms with E-state index in [1.165, 1.54) is 0 Å². The highest BCUT2D eigenvalue weighted by molar-refractivity contribution is 5.99. The lowest BCUT2D eigenvalue weighted by atomic mass is 10.0. The van der Waals surface area contributed by atoms with Crippen LogP contribution >= 0.6 is 0 Å². The molecule has 0 bridgehead atoms. The van der Waals surface area contributed by atoms with Crippen molar-refractivity contribution < 1.29 is 4.79 Å².